The first-order chi connectivity index (χ1) is 13.5. The van der Waals surface area contributed by atoms with Crippen LogP contribution in [0.25, 0.3) is 0 Å². The monoisotopic (exact) mass is 381 g/mol. The van der Waals surface area contributed by atoms with Crippen molar-refractivity contribution >= 4 is 5.91 Å². The number of ether oxygens (including phenoxy) is 1. The van der Waals surface area contributed by atoms with E-state index < -0.39 is 0 Å². The number of likely N-dealkylation sites (N-methyl/N-ethyl adjacent to an activating group) is 1. The van der Waals surface area contributed by atoms with Crippen LogP contribution in [0.3, 0.4) is 0 Å². The molecule has 0 saturated carbocycles. The van der Waals surface area contributed by atoms with Gasteiger partial charge in [0.2, 0.25) is 0 Å². The lowest BCUT2D eigenvalue weighted by atomic mass is 10.0. The molecular formula is C23H31N3O2. The maximum Gasteiger partial charge on any atom is 0.258 e. The molecule has 1 heterocycles. The molecule has 1 N–H and O–H groups in total. The van der Waals surface area contributed by atoms with Crippen LogP contribution < -0.4 is 10.1 Å². The number of benzene rings is 2. The summed E-state index contributed by atoms with van der Waals surface area (Å²) in [5.74, 6) is 0.644. The Morgan fingerprint density at radius 3 is 2.43 bits per heavy atom. The van der Waals surface area contributed by atoms with Gasteiger partial charge >= 0.3 is 0 Å². The van der Waals surface area contributed by atoms with Crippen LogP contribution in [0.4, 0.5) is 0 Å². The molecule has 0 aromatic heterocycles. The zero-order valence-corrected chi connectivity index (χ0v) is 17.1. The zero-order chi connectivity index (χ0) is 19.9. The lowest BCUT2D eigenvalue weighted by Crippen LogP contribution is -2.48. The quantitative estimate of drug-likeness (QED) is 0.801. The minimum atomic E-state index is -0.0895. The largest absolute Gasteiger partial charge is 0.484 e. The summed E-state index contributed by atoms with van der Waals surface area (Å²) in [5, 5.41) is 3.07. The SMILES string of the molecule is Cc1ccc(OCC(=O)NCC(c2ccccc2)N2CCN(C)CC2)cc1C. The van der Waals surface area contributed by atoms with E-state index in [-0.39, 0.29) is 18.6 Å². The summed E-state index contributed by atoms with van der Waals surface area (Å²) in [7, 11) is 2.15. The molecule has 5 heteroatoms. The number of amides is 1. The highest BCUT2D eigenvalue weighted by atomic mass is 16.5. The van der Waals surface area contributed by atoms with Gasteiger partial charge in [0.15, 0.2) is 6.61 Å². The van der Waals surface area contributed by atoms with Crippen LogP contribution in [0.15, 0.2) is 48.5 Å². The molecule has 1 aliphatic rings. The van der Waals surface area contributed by atoms with E-state index in [0.717, 1.165) is 37.5 Å². The Balaban J connectivity index is 1.56. The minimum Gasteiger partial charge on any atom is -0.484 e. The predicted molar refractivity (Wildman–Crippen MR) is 113 cm³/mol. The fraction of sp³-hybridized carbons (Fsp3) is 0.435. The van der Waals surface area contributed by atoms with Gasteiger partial charge in [-0.15, -0.1) is 0 Å². The van der Waals surface area contributed by atoms with E-state index >= 15 is 0 Å². The molecule has 2 aromatic carbocycles. The summed E-state index contributed by atoms with van der Waals surface area (Å²) in [5.41, 5.74) is 3.62. The molecule has 3 rings (SSSR count). The third-order valence-corrected chi connectivity index (χ3v) is 5.50. The topological polar surface area (TPSA) is 44.8 Å². The molecule has 1 aliphatic heterocycles. The second-order valence-corrected chi connectivity index (χ2v) is 7.60. The van der Waals surface area contributed by atoms with Crippen molar-refractivity contribution in [3.63, 3.8) is 0 Å². The number of carbonyl (C=O) groups is 1. The van der Waals surface area contributed by atoms with Crippen LogP contribution in [-0.2, 0) is 4.79 Å². The summed E-state index contributed by atoms with van der Waals surface area (Å²) in [6, 6.07) is 16.5. The highest BCUT2D eigenvalue weighted by Gasteiger charge is 2.24. The van der Waals surface area contributed by atoms with E-state index in [9.17, 15) is 4.79 Å². The maximum absolute atomic E-state index is 12.4. The summed E-state index contributed by atoms with van der Waals surface area (Å²) in [4.78, 5) is 17.2. The van der Waals surface area contributed by atoms with Gasteiger partial charge in [0.05, 0.1) is 6.04 Å². The van der Waals surface area contributed by atoms with Crippen LogP contribution in [-0.4, -0.2) is 62.1 Å². The average Bonchev–Trinajstić information content (AvgIpc) is 2.71. The highest BCUT2D eigenvalue weighted by molar-refractivity contribution is 5.77. The van der Waals surface area contributed by atoms with Crippen molar-refractivity contribution in [2.45, 2.75) is 19.9 Å². The molecule has 1 atom stereocenters. The molecule has 0 spiro atoms. The number of rotatable bonds is 7. The number of nitrogens with one attached hydrogen (secondary N) is 1. The van der Waals surface area contributed by atoms with Crippen molar-refractivity contribution in [1.82, 2.24) is 15.1 Å². The molecule has 1 unspecified atom stereocenters. The summed E-state index contributed by atoms with van der Waals surface area (Å²) < 4.78 is 5.67. The highest BCUT2D eigenvalue weighted by Crippen LogP contribution is 2.21. The lowest BCUT2D eigenvalue weighted by molar-refractivity contribution is -0.123. The first kappa shape index (κ1) is 20.4. The van der Waals surface area contributed by atoms with Crippen molar-refractivity contribution in [1.29, 1.82) is 0 Å². The van der Waals surface area contributed by atoms with Crippen LogP contribution in [0.1, 0.15) is 22.7 Å². The van der Waals surface area contributed by atoms with E-state index in [1.807, 2.05) is 31.2 Å². The van der Waals surface area contributed by atoms with Crippen molar-refractivity contribution in [2.24, 2.45) is 0 Å². The van der Waals surface area contributed by atoms with Gasteiger partial charge in [-0.3, -0.25) is 9.69 Å². The van der Waals surface area contributed by atoms with E-state index in [1.54, 1.807) is 0 Å². The number of aryl methyl sites for hydroxylation is 2. The second kappa shape index (κ2) is 9.71. The molecule has 0 bridgehead atoms. The van der Waals surface area contributed by atoms with E-state index in [1.165, 1.54) is 11.1 Å². The number of carbonyl (C=O) groups excluding carboxylic acids is 1. The van der Waals surface area contributed by atoms with Crippen LogP contribution in [0.5, 0.6) is 5.75 Å². The molecule has 2 aromatic rings. The van der Waals surface area contributed by atoms with Gasteiger partial charge < -0.3 is 15.0 Å². The standard InChI is InChI=1S/C23H31N3O2/c1-18-9-10-21(15-19(18)2)28-17-23(27)24-16-22(20-7-5-4-6-8-20)26-13-11-25(3)12-14-26/h4-10,15,22H,11-14,16-17H2,1-3H3,(H,24,27). The Bertz CT molecular complexity index is 771. The van der Waals surface area contributed by atoms with Crippen molar-refractivity contribution < 1.29 is 9.53 Å². The minimum absolute atomic E-state index is 0.0345. The normalized spacial score (nSPS) is 16.5. The smallest absolute Gasteiger partial charge is 0.258 e. The van der Waals surface area contributed by atoms with Crippen LogP contribution >= 0.6 is 0 Å². The van der Waals surface area contributed by atoms with Crippen LogP contribution in [0.2, 0.25) is 0 Å². The second-order valence-electron chi connectivity index (χ2n) is 7.60. The zero-order valence-electron chi connectivity index (χ0n) is 17.1. The molecular weight excluding hydrogens is 350 g/mol. The van der Waals surface area contributed by atoms with Crippen molar-refractivity contribution in [2.75, 3.05) is 46.4 Å². The Kier molecular flexibility index (Phi) is 7.06. The Hall–Kier alpha value is -2.37. The average molecular weight is 382 g/mol. The summed E-state index contributed by atoms with van der Waals surface area (Å²) in [6.07, 6.45) is 0. The molecule has 5 nitrogen and oxygen atoms in total. The third kappa shape index (κ3) is 5.57. The lowest BCUT2D eigenvalue weighted by Gasteiger charge is -2.38. The molecule has 150 valence electrons. The van der Waals surface area contributed by atoms with Gasteiger partial charge in [-0.2, -0.15) is 0 Å². The van der Waals surface area contributed by atoms with Gasteiger partial charge in [-0.25, -0.2) is 0 Å². The van der Waals surface area contributed by atoms with Gasteiger partial charge in [0, 0.05) is 32.7 Å². The van der Waals surface area contributed by atoms with Gasteiger partial charge in [0.1, 0.15) is 5.75 Å². The number of piperazine rings is 1. The third-order valence-electron chi connectivity index (χ3n) is 5.50. The number of nitrogens with zero attached hydrogens (tertiary/aromatic N) is 2. The Morgan fingerprint density at radius 2 is 1.75 bits per heavy atom. The predicted octanol–water partition coefficient (Wildman–Crippen LogP) is 2.79. The molecule has 0 aliphatic carbocycles. The molecule has 1 fully saturated rings. The van der Waals surface area contributed by atoms with Gasteiger partial charge in [-0.1, -0.05) is 36.4 Å². The fourth-order valence-corrected chi connectivity index (χ4v) is 3.48. The Labute approximate surface area is 168 Å². The van der Waals surface area contributed by atoms with Gasteiger partial charge in [-0.05, 0) is 49.7 Å². The maximum atomic E-state index is 12.4. The van der Waals surface area contributed by atoms with E-state index in [2.05, 4.69) is 53.4 Å². The molecule has 0 radical (unpaired) electrons. The first-order valence-corrected chi connectivity index (χ1v) is 9.97. The Morgan fingerprint density at radius 1 is 1.04 bits per heavy atom. The summed E-state index contributed by atoms with van der Waals surface area (Å²) in [6.45, 7) is 8.84. The first-order valence-electron chi connectivity index (χ1n) is 9.97. The number of hydrogen-bond donors (Lipinski definition) is 1. The van der Waals surface area contributed by atoms with Crippen molar-refractivity contribution in [3.05, 3.63) is 65.2 Å². The van der Waals surface area contributed by atoms with Crippen LogP contribution in [0, 0.1) is 13.8 Å². The number of hydrogen-bond acceptors (Lipinski definition) is 4. The molecule has 1 saturated heterocycles. The molecule has 1 amide bonds. The van der Waals surface area contributed by atoms with Crippen molar-refractivity contribution in [3.8, 4) is 5.75 Å². The summed E-state index contributed by atoms with van der Waals surface area (Å²) >= 11 is 0. The van der Waals surface area contributed by atoms with E-state index in [4.69, 9.17) is 4.74 Å². The van der Waals surface area contributed by atoms with Gasteiger partial charge in [0.25, 0.3) is 5.91 Å². The fourth-order valence-electron chi connectivity index (χ4n) is 3.48. The molecule has 28 heavy (non-hydrogen) atoms. The van der Waals surface area contributed by atoms with E-state index in [0.29, 0.717) is 6.54 Å².